The van der Waals surface area contributed by atoms with E-state index in [2.05, 4.69) is 11.9 Å². The van der Waals surface area contributed by atoms with E-state index in [1.165, 1.54) is 12.8 Å². The monoisotopic (exact) mass is 228 g/mol. The molecule has 0 aromatic carbocycles. The number of aromatic nitrogens is 1. The molecule has 0 unspecified atom stereocenters. The number of halogens is 1. The summed E-state index contributed by atoms with van der Waals surface area (Å²) in [5.41, 5.74) is 6.27. The van der Waals surface area contributed by atoms with E-state index < -0.39 is 0 Å². The summed E-state index contributed by atoms with van der Waals surface area (Å²) in [5.74, 6) is 0.478. The molecular formula is C11H17ClN2O. The molecule has 84 valence electrons. The molecule has 2 N–H and O–H groups in total. The Balaban J connectivity index is 2.33. The van der Waals surface area contributed by atoms with Gasteiger partial charge in [0.2, 0.25) is 0 Å². The van der Waals surface area contributed by atoms with Gasteiger partial charge < -0.3 is 10.5 Å². The molecule has 0 radical (unpaired) electrons. The lowest BCUT2D eigenvalue weighted by Gasteiger charge is -2.05. The fraction of sp³-hybridized carbons (Fsp3) is 0.545. The molecule has 0 saturated heterocycles. The van der Waals surface area contributed by atoms with Gasteiger partial charge in [-0.2, -0.15) is 0 Å². The number of pyridine rings is 1. The summed E-state index contributed by atoms with van der Waals surface area (Å²) in [4.78, 5) is 4.11. The predicted octanol–water partition coefficient (Wildman–Crippen LogP) is 3.02. The van der Waals surface area contributed by atoms with Crippen LogP contribution in [0.15, 0.2) is 12.1 Å². The number of hydrogen-bond donors (Lipinski definition) is 1. The fourth-order valence-electron chi connectivity index (χ4n) is 1.23. The van der Waals surface area contributed by atoms with E-state index in [1.807, 2.05) is 0 Å². The van der Waals surface area contributed by atoms with Gasteiger partial charge in [0.1, 0.15) is 5.82 Å². The van der Waals surface area contributed by atoms with Crippen LogP contribution in [0, 0.1) is 0 Å². The van der Waals surface area contributed by atoms with Crippen LogP contribution in [0.1, 0.15) is 31.9 Å². The van der Waals surface area contributed by atoms with Crippen molar-refractivity contribution in [3.8, 4) is 0 Å². The Morgan fingerprint density at radius 3 is 2.93 bits per heavy atom. The SMILES string of the molecule is CCCCCOCc1nc(N)ccc1Cl. The first-order chi connectivity index (χ1) is 7.24. The molecule has 15 heavy (non-hydrogen) atoms. The summed E-state index contributed by atoms with van der Waals surface area (Å²) in [5, 5.41) is 0.611. The van der Waals surface area contributed by atoms with Crippen molar-refractivity contribution in [1.29, 1.82) is 0 Å². The van der Waals surface area contributed by atoms with E-state index >= 15 is 0 Å². The third kappa shape index (κ3) is 4.49. The first-order valence-corrected chi connectivity index (χ1v) is 5.60. The summed E-state index contributed by atoms with van der Waals surface area (Å²) in [6.07, 6.45) is 3.47. The van der Waals surface area contributed by atoms with Gasteiger partial charge in [-0.25, -0.2) is 4.98 Å². The van der Waals surface area contributed by atoms with Crippen molar-refractivity contribution in [2.45, 2.75) is 32.8 Å². The molecule has 0 fully saturated rings. The van der Waals surface area contributed by atoms with Crippen molar-refractivity contribution in [1.82, 2.24) is 4.98 Å². The zero-order valence-corrected chi connectivity index (χ0v) is 9.76. The van der Waals surface area contributed by atoms with Crippen LogP contribution in [-0.2, 0) is 11.3 Å². The average molecular weight is 229 g/mol. The molecular weight excluding hydrogens is 212 g/mol. The lowest BCUT2D eigenvalue weighted by atomic mass is 10.3. The lowest BCUT2D eigenvalue weighted by molar-refractivity contribution is 0.114. The van der Waals surface area contributed by atoms with Gasteiger partial charge in [0.15, 0.2) is 0 Å². The van der Waals surface area contributed by atoms with Crippen molar-refractivity contribution in [3.05, 3.63) is 22.8 Å². The van der Waals surface area contributed by atoms with Gasteiger partial charge in [0.25, 0.3) is 0 Å². The molecule has 0 aliphatic carbocycles. The highest BCUT2D eigenvalue weighted by atomic mass is 35.5. The second-order valence-corrected chi connectivity index (χ2v) is 3.83. The molecule has 1 aromatic rings. The molecule has 4 heteroatoms. The summed E-state index contributed by atoms with van der Waals surface area (Å²) >= 11 is 5.94. The van der Waals surface area contributed by atoms with Gasteiger partial charge in [-0.1, -0.05) is 31.4 Å². The van der Waals surface area contributed by atoms with Gasteiger partial charge >= 0.3 is 0 Å². The molecule has 0 saturated carbocycles. The van der Waals surface area contributed by atoms with E-state index in [0.717, 1.165) is 13.0 Å². The Morgan fingerprint density at radius 1 is 1.40 bits per heavy atom. The Kier molecular flexibility index (Phi) is 5.43. The normalized spacial score (nSPS) is 10.5. The van der Waals surface area contributed by atoms with Crippen LogP contribution in [-0.4, -0.2) is 11.6 Å². The number of ether oxygens (including phenoxy) is 1. The largest absolute Gasteiger partial charge is 0.384 e. The standard InChI is InChI=1S/C11H17ClN2O/c1-2-3-4-7-15-8-10-9(12)5-6-11(13)14-10/h5-6H,2-4,7-8H2,1H3,(H2,13,14). The molecule has 0 atom stereocenters. The van der Waals surface area contributed by atoms with Crippen LogP contribution in [0.4, 0.5) is 5.82 Å². The smallest absolute Gasteiger partial charge is 0.123 e. The van der Waals surface area contributed by atoms with E-state index in [4.69, 9.17) is 22.1 Å². The van der Waals surface area contributed by atoms with Gasteiger partial charge in [0, 0.05) is 6.61 Å². The van der Waals surface area contributed by atoms with Crippen LogP contribution in [0.2, 0.25) is 5.02 Å². The zero-order chi connectivity index (χ0) is 11.1. The lowest BCUT2D eigenvalue weighted by Crippen LogP contribution is -2.01. The summed E-state index contributed by atoms with van der Waals surface area (Å²) < 4.78 is 5.46. The molecule has 1 heterocycles. The van der Waals surface area contributed by atoms with Crippen LogP contribution >= 0.6 is 11.6 Å². The topological polar surface area (TPSA) is 48.1 Å². The third-order valence-corrected chi connectivity index (χ3v) is 2.42. The fourth-order valence-corrected chi connectivity index (χ4v) is 1.39. The van der Waals surface area contributed by atoms with Gasteiger partial charge in [-0.05, 0) is 18.6 Å². The van der Waals surface area contributed by atoms with E-state index in [0.29, 0.717) is 23.1 Å². The minimum absolute atomic E-state index is 0.438. The number of rotatable bonds is 6. The molecule has 0 aliphatic heterocycles. The van der Waals surface area contributed by atoms with Crippen LogP contribution in [0.3, 0.4) is 0 Å². The molecule has 3 nitrogen and oxygen atoms in total. The Labute approximate surface area is 95.6 Å². The summed E-state index contributed by atoms with van der Waals surface area (Å²) in [6, 6.07) is 3.43. The zero-order valence-electron chi connectivity index (χ0n) is 9.00. The molecule has 0 amide bonds. The number of nitrogen functional groups attached to an aromatic ring is 1. The quantitative estimate of drug-likeness (QED) is 0.762. The van der Waals surface area contributed by atoms with Gasteiger partial charge in [0.05, 0.1) is 17.3 Å². The van der Waals surface area contributed by atoms with E-state index in [9.17, 15) is 0 Å². The summed E-state index contributed by atoms with van der Waals surface area (Å²) in [7, 11) is 0. The second-order valence-electron chi connectivity index (χ2n) is 3.42. The Hall–Kier alpha value is -0.800. The Morgan fingerprint density at radius 2 is 2.20 bits per heavy atom. The Bertz CT molecular complexity index is 305. The number of unbranched alkanes of at least 4 members (excludes halogenated alkanes) is 2. The summed E-state index contributed by atoms with van der Waals surface area (Å²) in [6.45, 7) is 3.35. The van der Waals surface area contributed by atoms with E-state index in [1.54, 1.807) is 12.1 Å². The number of nitrogens with zero attached hydrogens (tertiary/aromatic N) is 1. The molecule has 0 spiro atoms. The average Bonchev–Trinajstić information content (AvgIpc) is 2.23. The number of anilines is 1. The van der Waals surface area contributed by atoms with Crippen molar-refractivity contribution >= 4 is 17.4 Å². The van der Waals surface area contributed by atoms with Crippen molar-refractivity contribution in [2.24, 2.45) is 0 Å². The van der Waals surface area contributed by atoms with Crippen LogP contribution < -0.4 is 5.73 Å². The molecule has 1 aromatic heterocycles. The first-order valence-electron chi connectivity index (χ1n) is 5.22. The van der Waals surface area contributed by atoms with Crippen molar-refractivity contribution in [2.75, 3.05) is 12.3 Å². The first kappa shape index (κ1) is 12.3. The maximum absolute atomic E-state index is 5.94. The van der Waals surface area contributed by atoms with Crippen LogP contribution in [0.25, 0.3) is 0 Å². The minimum Gasteiger partial charge on any atom is -0.384 e. The molecule has 0 bridgehead atoms. The third-order valence-electron chi connectivity index (χ3n) is 2.07. The van der Waals surface area contributed by atoms with Crippen molar-refractivity contribution in [3.63, 3.8) is 0 Å². The highest BCUT2D eigenvalue weighted by molar-refractivity contribution is 6.31. The van der Waals surface area contributed by atoms with Gasteiger partial charge in [-0.3, -0.25) is 0 Å². The minimum atomic E-state index is 0.438. The van der Waals surface area contributed by atoms with Crippen LogP contribution in [0.5, 0.6) is 0 Å². The predicted molar refractivity (Wildman–Crippen MR) is 62.8 cm³/mol. The molecule has 0 aliphatic rings. The highest BCUT2D eigenvalue weighted by Gasteiger charge is 2.02. The number of hydrogen-bond acceptors (Lipinski definition) is 3. The van der Waals surface area contributed by atoms with Crippen molar-refractivity contribution < 1.29 is 4.74 Å². The maximum atomic E-state index is 5.94. The maximum Gasteiger partial charge on any atom is 0.123 e. The van der Waals surface area contributed by atoms with Gasteiger partial charge in [-0.15, -0.1) is 0 Å². The van der Waals surface area contributed by atoms with E-state index in [-0.39, 0.29) is 0 Å². The number of nitrogens with two attached hydrogens (primary N) is 1. The molecule has 1 rings (SSSR count). The highest BCUT2D eigenvalue weighted by Crippen LogP contribution is 2.16. The second kappa shape index (κ2) is 6.64.